The van der Waals surface area contributed by atoms with E-state index in [9.17, 15) is 4.79 Å². The normalized spacial score (nSPS) is 10.9. The van der Waals surface area contributed by atoms with Crippen molar-refractivity contribution in [3.8, 4) is 0 Å². The van der Waals surface area contributed by atoms with Crippen molar-refractivity contribution in [2.45, 2.75) is 19.9 Å². The SMILES string of the molecule is CC(C)n1cc(Br)cc1C(=O)Nc1ncc(Br)nc1Br. The fourth-order valence-electron chi connectivity index (χ4n) is 1.66. The van der Waals surface area contributed by atoms with Crippen LogP contribution in [0, 0.1) is 0 Å². The highest BCUT2D eigenvalue weighted by molar-refractivity contribution is 9.11. The Bertz CT molecular complexity index is 654. The van der Waals surface area contributed by atoms with Crippen LogP contribution in [0.25, 0.3) is 0 Å². The van der Waals surface area contributed by atoms with Crippen molar-refractivity contribution in [3.63, 3.8) is 0 Å². The highest BCUT2D eigenvalue weighted by atomic mass is 79.9. The molecule has 0 bridgehead atoms. The number of hydrogen-bond acceptors (Lipinski definition) is 3. The minimum atomic E-state index is -0.235. The number of hydrogen-bond donors (Lipinski definition) is 1. The largest absolute Gasteiger partial charge is 0.340 e. The number of nitrogens with one attached hydrogen (secondary N) is 1. The second-order valence-electron chi connectivity index (χ2n) is 4.33. The van der Waals surface area contributed by atoms with E-state index < -0.39 is 0 Å². The van der Waals surface area contributed by atoms with Gasteiger partial charge in [-0.05, 0) is 67.7 Å². The van der Waals surface area contributed by atoms with Gasteiger partial charge in [-0.2, -0.15) is 0 Å². The standard InChI is InChI=1S/C12H11Br3N4O/c1-6(2)19-5-7(13)3-8(19)12(20)18-11-10(15)17-9(14)4-16-11/h3-6H,1-2H3,(H,16,18,20). The van der Waals surface area contributed by atoms with E-state index >= 15 is 0 Å². The van der Waals surface area contributed by atoms with Crippen LogP contribution in [0.4, 0.5) is 5.82 Å². The summed E-state index contributed by atoms with van der Waals surface area (Å²) in [6, 6.07) is 1.96. The molecule has 0 atom stereocenters. The molecule has 0 spiro atoms. The molecule has 5 nitrogen and oxygen atoms in total. The van der Waals surface area contributed by atoms with E-state index in [2.05, 4.69) is 63.1 Å². The van der Waals surface area contributed by atoms with Crippen LogP contribution in [0.5, 0.6) is 0 Å². The second kappa shape index (κ2) is 6.36. The number of aromatic nitrogens is 3. The third kappa shape index (κ3) is 3.48. The van der Waals surface area contributed by atoms with Gasteiger partial charge in [0.25, 0.3) is 5.91 Å². The fraction of sp³-hybridized carbons (Fsp3) is 0.250. The Morgan fingerprint density at radius 1 is 1.35 bits per heavy atom. The summed E-state index contributed by atoms with van der Waals surface area (Å²) >= 11 is 9.87. The van der Waals surface area contributed by atoms with Gasteiger partial charge >= 0.3 is 0 Å². The number of amides is 1. The van der Waals surface area contributed by atoms with Crippen molar-refractivity contribution in [1.82, 2.24) is 14.5 Å². The maximum Gasteiger partial charge on any atom is 0.273 e. The predicted octanol–water partition coefficient (Wildman–Crippen LogP) is 4.40. The molecule has 0 radical (unpaired) electrons. The zero-order valence-corrected chi connectivity index (χ0v) is 15.5. The lowest BCUT2D eigenvalue weighted by atomic mass is 10.3. The van der Waals surface area contributed by atoms with Crippen molar-refractivity contribution in [2.75, 3.05) is 5.32 Å². The molecule has 0 aliphatic rings. The van der Waals surface area contributed by atoms with E-state index in [0.717, 1.165) is 4.47 Å². The summed E-state index contributed by atoms with van der Waals surface area (Å²) in [5.41, 5.74) is 0.559. The van der Waals surface area contributed by atoms with Crippen LogP contribution >= 0.6 is 47.8 Å². The molecule has 0 fully saturated rings. The van der Waals surface area contributed by atoms with Crippen LogP contribution in [0.1, 0.15) is 30.4 Å². The molecule has 8 heteroatoms. The van der Waals surface area contributed by atoms with Gasteiger partial charge in [0.05, 0.1) is 6.20 Å². The molecule has 2 heterocycles. The van der Waals surface area contributed by atoms with Crippen LogP contribution in [0.3, 0.4) is 0 Å². The summed E-state index contributed by atoms with van der Waals surface area (Å²) in [6.45, 7) is 4.02. The third-order valence-electron chi connectivity index (χ3n) is 2.54. The molecule has 2 aromatic rings. The van der Waals surface area contributed by atoms with Gasteiger partial charge in [-0.3, -0.25) is 4.79 Å². The Morgan fingerprint density at radius 3 is 2.65 bits per heavy atom. The number of anilines is 1. The summed E-state index contributed by atoms with van der Waals surface area (Å²) < 4.78 is 3.81. The summed E-state index contributed by atoms with van der Waals surface area (Å²) in [5, 5.41) is 2.74. The lowest BCUT2D eigenvalue weighted by Crippen LogP contribution is -2.18. The van der Waals surface area contributed by atoms with Crippen molar-refractivity contribution < 1.29 is 4.79 Å². The smallest absolute Gasteiger partial charge is 0.273 e. The average molecular weight is 467 g/mol. The zero-order chi connectivity index (χ0) is 14.9. The lowest BCUT2D eigenvalue weighted by molar-refractivity contribution is 0.101. The Labute approximate surface area is 141 Å². The summed E-state index contributed by atoms with van der Waals surface area (Å²) in [4.78, 5) is 20.6. The van der Waals surface area contributed by atoms with E-state index in [-0.39, 0.29) is 11.9 Å². The molecule has 20 heavy (non-hydrogen) atoms. The van der Waals surface area contributed by atoms with E-state index in [1.807, 2.05) is 24.6 Å². The van der Waals surface area contributed by atoms with E-state index in [0.29, 0.717) is 20.7 Å². The maximum atomic E-state index is 12.3. The molecule has 0 unspecified atom stereocenters. The Balaban J connectivity index is 2.28. The van der Waals surface area contributed by atoms with Gasteiger partial charge in [-0.15, -0.1) is 0 Å². The molecule has 1 N–H and O–H groups in total. The molecular formula is C12H11Br3N4O. The van der Waals surface area contributed by atoms with Crippen LogP contribution in [0.15, 0.2) is 32.1 Å². The number of carbonyl (C=O) groups is 1. The number of halogens is 3. The topological polar surface area (TPSA) is 59.8 Å². The summed E-state index contributed by atoms with van der Waals surface area (Å²) in [6.07, 6.45) is 3.40. The minimum absolute atomic E-state index is 0.182. The quantitative estimate of drug-likeness (QED) is 0.729. The Kier molecular flexibility index (Phi) is 4.98. The second-order valence-corrected chi connectivity index (χ2v) is 6.81. The molecule has 0 saturated heterocycles. The summed E-state index contributed by atoms with van der Waals surface area (Å²) in [7, 11) is 0. The van der Waals surface area contributed by atoms with Crippen molar-refractivity contribution in [3.05, 3.63) is 37.8 Å². The molecule has 2 rings (SSSR count). The first-order chi connectivity index (χ1) is 9.38. The van der Waals surface area contributed by atoms with Gasteiger partial charge in [0.1, 0.15) is 14.9 Å². The van der Waals surface area contributed by atoms with E-state index in [4.69, 9.17) is 0 Å². The minimum Gasteiger partial charge on any atom is -0.340 e. The molecule has 0 aromatic carbocycles. The first-order valence-electron chi connectivity index (χ1n) is 5.75. The summed E-state index contributed by atoms with van der Waals surface area (Å²) in [5.74, 6) is 0.146. The monoisotopic (exact) mass is 464 g/mol. The fourth-order valence-corrected chi connectivity index (χ4v) is 3.00. The van der Waals surface area contributed by atoms with Crippen molar-refractivity contribution in [1.29, 1.82) is 0 Å². The molecule has 0 aliphatic heterocycles. The molecule has 1 amide bonds. The first kappa shape index (κ1) is 15.7. The van der Waals surface area contributed by atoms with Crippen LogP contribution in [-0.4, -0.2) is 20.4 Å². The van der Waals surface area contributed by atoms with Crippen molar-refractivity contribution in [2.24, 2.45) is 0 Å². The maximum absolute atomic E-state index is 12.3. The molecule has 2 aromatic heterocycles. The highest BCUT2D eigenvalue weighted by Gasteiger charge is 2.17. The molecular weight excluding hydrogens is 456 g/mol. The highest BCUT2D eigenvalue weighted by Crippen LogP contribution is 2.23. The van der Waals surface area contributed by atoms with E-state index in [1.54, 1.807) is 6.07 Å². The number of carbonyl (C=O) groups excluding carboxylic acids is 1. The van der Waals surface area contributed by atoms with Crippen LogP contribution in [-0.2, 0) is 0 Å². The zero-order valence-electron chi connectivity index (χ0n) is 10.7. The average Bonchev–Trinajstić information content (AvgIpc) is 2.75. The van der Waals surface area contributed by atoms with Gasteiger partial charge in [-0.25, -0.2) is 9.97 Å². The molecule has 106 valence electrons. The van der Waals surface area contributed by atoms with Crippen molar-refractivity contribution >= 4 is 59.5 Å². The van der Waals surface area contributed by atoms with Gasteiger partial charge < -0.3 is 9.88 Å². The number of rotatable bonds is 3. The van der Waals surface area contributed by atoms with Crippen LogP contribution in [0.2, 0.25) is 0 Å². The van der Waals surface area contributed by atoms with Gasteiger partial charge in [0.15, 0.2) is 5.82 Å². The predicted molar refractivity (Wildman–Crippen MR) is 87.9 cm³/mol. The molecule has 0 aliphatic carbocycles. The van der Waals surface area contributed by atoms with E-state index in [1.165, 1.54) is 6.20 Å². The Morgan fingerprint density at radius 2 is 2.05 bits per heavy atom. The van der Waals surface area contributed by atoms with Crippen LogP contribution < -0.4 is 5.32 Å². The Hall–Kier alpha value is -0.730. The lowest BCUT2D eigenvalue weighted by Gasteiger charge is -2.12. The van der Waals surface area contributed by atoms with Gasteiger partial charge in [0.2, 0.25) is 0 Å². The van der Waals surface area contributed by atoms with Gasteiger partial charge in [0, 0.05) is 16.7 Å². The number of nitrogens with zero attached hydrogens (tertiary/aromatic N) is 3. The molecule has 0 saturated carbocycles. The third-order valence-corrected chi connectivity index (χ3v) is 3.91. The first-order valence-corrected chi connectivity index (χ1v) is 8.13. The van der Waals surface area contributed by atoms with Gasteiger partial charge in [-0.1, -0.05) is 0 Å².